The van der Waals surface area contributed by atoms with E-state index in [9.17, 15) is 13.2 Å². The second kappa shape index (κ2) is 6.24. The van der Waals surface area contributed by atoms with E-state index in [2.05, 4.69) is 4.98 Å². The third-order valence-electron chi connectivity index (χ3n) is 2.84. The Labute approximate surface area is 127 Å². The van der Waals surface area contributed by atoms with E-state index in [-0.39, 0.29) is 17.1 Å². The second-order valence-electron chi connectivity index (χ2n) is 4.44. The molecule has 0 aliphatic heterocycles. The Morgan fingerprint density at radius 1 is 1.19 bits per heavy atom. The van der Waals surface area contributed by atoms with E-state index in [4.69, 9.17) is 16.7 Å². The van der Waals surface area contributed by atoms with Crippen LogP contribution < -0.4 is 0 Å². The summed E-state index contributed by atoms with van der Waals surface area (Å²) < 4.78 is 24.6. The molecule has 0 amide bonds. The van der Waals surface area contributed by atoms with Crippen molar-refractivity contribution < 1.29 is 18.3 Å². The van der Waals surface area contributed by atoms with Gasteiger partial charge in [0, 0.05) is 12.4 Å². The zero-order valence-electron chi connectivity index (χ0n) is 10.9. The van der Waals surface area contributed by atoms with E-state index in [0.717, 1.165) is 0 Å². The van der Waals surface area contributed by atoms with Gasteiger partial charge in [0.05, 0.1) is 22.1 Å². The first-order valence-electron chi connectivity index (χ1n) is 6.00. The van der Waals surface area contributed by atoms with Crippen molar-refractivity contribution in [3.63, 3.8) is 0 Å². The van der Waals surface area contributed by atoms with E-state index in [1.54, 1.807) is 6.07 Å². The molecule has 1 aromatic carbocycles. The zero-order valence-corrected chi connectivity index (χ0v) is 12.4. The summed E-state index contributed by atoms with van der Waals surface area (Å²) in [5, 5.41) is 8.98. The summed E-state index contributed by atoms with van der Waals surface area (Å²) in [7, 11) is -3.54. The van der Waals surface area contributed by atoms with Crippen LogP contribution in [0.25, 0.3) is 0 Å². The Hall–Kier alpha value is -1.92. The lowest BCUT2D eigenvalue weighted by Crippen LogP contribution is -2.06. The maximum absolute atomic E-state index is 12.3. The van der Waals surface area contributed by atoms with Crippen molar-refractivity contribution in [1.82, 2.24) is 4.98 Å². The molecule has 21 heavy (non-hydrogen) atoms. The number of carboxylic acid groups (broad SMARTS) is 1. The number of carboxylic acids is 1. The fraction of sp³-hybridized carbons (Fsp3) is 0.143. The Balaban J connectivity index is 2.24. The molecule has 0 bridgehead atoms. The van der Waals surface area contributed by atoms with Crippen LogP contribution in [-0.4, -0.2) is 24.5 Å². The molecule has 0 atom stereocenters. The molecule has 0 unspecified atom stereocenters. The van der Waals surface area contributed by atoms with Crippen molar-refractivity contribution >= 4 is 27.4 Å². The van der Waals surface area contributed by atoms with Crippen LogP contribution in [0.5, 0.6) is 0 Å². The van der Waals surface area contributed by atoms with Gasteiger partial charge in [0.1, 0.15) is 0 Å². The summed E-state index contributed by atoms with van der Waals surface area (Å²) in [6.45, 7) is 0. The van der Waals surface area contributed by atoms with Gasteiger partial charge in [-0.1, -0.05) is 23.7 Å². The summed E-state index contributed by atoms with van der Waals surface area (Å²) in [5.41, 5.74) is 1.02. The number of benzene rings is 1. The molecule has 0 radical (unpaired) electrons. The van der Waals surface area contributed by atoms with E-state index < -0.39 is 15.8 Å². The normalized spacial score (nSPS) is 11.3. The number of rotatable bonds is 5. The fourth-order valence-electron chi connectivity index (χ4n) is 1.80. The molecule has 2 rings (SSSR count). The van der Waals surface area contributed by atoms with Gasteiger partial charge < -0.3 is 5.11 Å². The average molecular weight is 326 g/mol. The van der Waals surface area contributed by atoms with Crippen LogP contribution in [0.15, 0.2) is 47.6 Å². The second-order valence-corrected chi connectivity index (χ2v) is 6.84. The summed E-state index contributed by atoms with van der Waals surface area (Å²) in [4.78, 5) is 14.5. The average Bonchev–Trinajstić information content (AvgIpc) is 2.41. The monoisotopic (exact) mass is 325 g/mol. The quantitative estimate of drug-likeness (QED) is 0.912. The highest BCUT2D eigenvalue weighted by molar-refractivity contribution is 7.90. The first-order chi connectivity index (χ1) is 9.88. The Morgan fingerprint density at radius 2 is 1.86 bits per heavy atom. The van der Waals surface area contributed by atoms with Crippen molar-refractivity contribution in [2.75, 3.05) is 0 Å². The molecule has 2 aromatic rings. The number of pyridine rings is 1. The molecule has 1 aromatic heterocycles. The summed E-state index contributed by atoms with van der Waals surface area (Å²) in [6.07, 6.45) is 2.73. The molecule has 0 fully saturated rings. The van der Waals surface area contributed by atoms with E-state index >= 15 is 0 Å². The predicted octanol–water partition coefficient (Wildman–Crippen LogP) is 2.34. The molecular formula is C14H12ClNO4S. The van der Waals surface area contributed by atoms with Crippen LogP contribution in [0.1, 0.15) is 11.1 Å². The Kier molecular flexibility index (Phi) is 4.59. The number of halogens is 1. The molecule has 0 aliphatic carbocycles. The molecular weight excluding hydrogens is 314 g/mol. The SMILES string of the molecule is O=C(O)Cc1ccc(S(=O)(=O)Cc2ccncc2Cl)cc1. The molecule has 0 saturated heterocycles. The highest BCUT2D eigenvalue weighted by atomic mass is 35.5. The Bertz CT molecular complexity index is 757. The number of aliphatic carboxylic acids is 1. The lowest BCUT2D eigenvalue weighted by atomic mass is 10.2. The Morgan fingerprint density at radius 3 is 2.43 bits per heavy atom. The number of aromatic nitrogens is 1. The van der Waals surface area contributed by atoms with E-state index in [0.29, 0.717) is 16.1 Å². The molecule has 7 heteroatoms. The third-order valence-corrected chi connectivity index (χ3v) is 4.86. The largest absolute Gasteiger partial charge is 0.481 e. The summed E-state index contributed by atoms with van der Waals surface area (Å²) in [6, 6.07) is 7.36. The fourth-order valence-corrected chi connectivity index (χ4v) is 3.44. The molecule has 110 valence electrons. The van der Waals surface area contributed by atoms with Crippen LogP contribution in [0, 0.1) is 0 Å². The zero-order chi connectivity index (χ0) is 15.5. The van der Waals surface area contributed by atoms with Crippen LogP contribution in [0.4, 0.5) is 0 Å². The van der Waals surface area contributed by atoms with Gasteiger partial charge in [-0.25, -0.2) is 8.42 Å². The highest BCUT2D eigenvalue weighted by Gasteiger charge is 2.17. The van der Waals surface area contributed by atoms with Crippen LogP contribution in [0.2, 0.25) is 5.02 Å². The van der Waals surface area contributed by atoms with Crippen molar-refractivity contribution in [1.29, 1.82) is 0 Å². The van der Waals surface area contributed by atoms with Gasteiger partial charge in [0.25, 0.3) is 0 Å². The third kappa shape index (κ3) is 4.03. The van der Waals surface area contributed by atoms with Crippen LogP contribution >= 0.6 is 11.6 Å². The van der Waals surface area contributed by atoms with Gasteiger partial charge >= 0.3 is 5.97 Å². The number of nitrogens with zero attached hydrogens (tertiary/aromatic N) is 1. The lowest BCUT2D eigenvalue weighted by Gasteiger charge is -2.07. The molecule has 0 spiro atoms. The van der Waals surface area contributed by atoms with Gasteiger partial charge in [-0.15, -0.1) is 0 Å². The van der Waals surface area contributed by atoms with Crippen molar-refractivity contribution in [2.45, 2.75) is 17.1 Å². The minimum Gasteiger partial charge on any atom is -0.481 e. The van der Waals surface area contributed by atoms with Crippen LogP contribution in [0.3, 0.4) is 0 Å². The van der Waals surface area contributed by atoms with Gasteiger partial charge in [-0.05, 0) is 29.3 Å². The first kappa shape index (κ1) is 15.5. The maximum atomic E-state index is 12.3. The highest BCUT2D eigenvalue weighted by Crippen LogP contribution is 2.21. The molecule has 0 aliphatic rings. The maximum Gasteiger partial charge on any atom is 0.307 e. The number of carbonyl (C=O) groups is 1. The minimum atomic E-state index is -3.54. The number of sulfone groups is 1. The van der Waals surface area contributed by atoms with Crippen LogP contribution in [-0.2, 0) is 26.8 Å². The molecule has 5 nitrogen and oxygen atoms in total. The minimum absolute atomic E-state index is 0.129. The van der Waals surface area contributed by atoms with Crippen molar-refractivity contribution in [3.05, 3.63) is 58.9 Å². The van der Waals surface area contributed by atoms with Gasteiger partial charge in [-0.3, -0.25) is 9.78 Å². The van der Waals surface area contributed by atoms with Crippen molar-refractivity contribution in [3.8, 4) is 0 Å². The standard InChI is InChI=1S/C14H12ClNO4S/c15-13-8-16-6-5-11(13)9-21(19,20)12-3-1-10(2-4-12)7-14(17)18/h1-6,8H,7,9H2,(H,17,18). The van der Waals surface area contributed by atoms with E-state index in [1.807, 2.05) is 0 Å². The molecule has 0 saturated carbocycles. The lowest BCUT2D eigenvalue weighted by molar-refractivity contribution is -0.136. The first-order valence-corrected chi connectivity index (χ1v) is 8.03. The van der Waals surface area contributed by atoms with Gasteiger partial charge in [-0.2, -0.15) is 0 Å². The summed E-state index contributed by atoms with van der Waals surface area (Å²) in [5.74, 6) is -1.19. The smallest absolute Gasteiger partial charge is 0.307 e. The van der Waals surface area contributed by atoms with E-state index in [1.165, 1.54) is 36.7 Å². The van der Waals surface area contributed by atoms with Gasteiger partial charge in [0.2, 0.25) is 0 Å². The molecule has 1 heterocycles. The topological polar surface area (TPSA) is 84.3 Å². The van der Waals surface area contributed by atoms with Crippen molar-refractivity contribution in [2.24, 2.45) is 0 Å². The number of hydrogen-bond donors (Lipinski definition) is 1. The summed E-state index contributed by atoms with van der Waals surface area (Å²) >= 11 is 5.91. The van der Waals surface area contributed by atoms with Gasteiger partial charge in [0.15, 0.2) is 9.84 Å². The predicted molar refractivity (Wildman–Crippen MR) is 77.9 cm³/mol. The molecule has 1 N–H and O–H groups in total. The number of hydrogen-bond acceptors (Lipinski definition) is 4.